The van der Waals surface area contributed by atoms with E-state index in [9.17, 15) is 0 Å². The van der Waals surface area contributed by atoms with Crippen molar-refractivity contribution in [3.63, 3.8) is 0 Å². The van der Waals surface area contributed by atoms with Gasteiger partial charge in [-0.05, 0) is 39.8 Å². The topological polar surface area (TPSA) is 53.5 Å². The van der Waals surface area contributed by atoms with Crippen LogP contribution >= 0.6 is 0 Å². The van der Waals surface area contributed by atoms with Crippen LogP contribution in [-0.2, 0) is 9.31 Å². The number of methoxy groups -OCH3 is 1. The molecule has 6 heteroatoms. The van der Waals surface area contributed by atoms with E-state index in [1.54, 1.807) is 13.3 Å². The summed E-state index contributed by atoms with van der Waals surface area (Å²) in [5.74, 6) is 0.554. The minimum Gasteiger partial charge on any atom is -0.481 e. The summed E-state index contributed by atoms with van der Waals surface area (Å²) in [5, 5.41) is 0.933. The van der Waals surface area contributed by atoms with E-state index in [0.717, 1.165) is 10.8 Å². The van der Waals surface area contributed by atoms with E-state index in [1.165, 1.54) is 0 Å². The molecule has 0 amide bonds. The molecule has 0 N–H and O–H groups in total. The van der Waals surface area contributed by atoms with Crippen LogP contribution in [-0.4, -0.2) is 35.4 Å². The predicted molar refractivity (Wildman–Crippen MR) is 81.8 cm³/mol. The highest BCUT2D eigenvalue weighted by Crippen LogP contribution is 2.36. The second-order valence-electron chi connectivity index (χ2n) is 6.26. The minimum absolute atomic E-state index is 0.356. The highest BCUT2D eigenvalue weighted by Gasteiger charge is 2.51. The SMILES string of the molecule is COc1ccc2cc(B3OC(C)(C)C(C)(C)O3)cnc2n1. The number of hydrogen-bond donors (Lipinski definition) is 0. The average Bonchev–Trinajstić information content (AvgIpc) is 2.66. The van der Waals surface area contributed by atoms with Gasteiger partial charge in [0.1, 0.15) is 0 Å². The molecule has 0 unspecified atom stereocenters. The lowest BCUT2D eigenvalue weighted by atomic mass is 9.80. The number of hydrogen-bond acceptors (Lipinski definition) is 5. The van der Waals surface area contributed by atoms with Crippen molar-refractivity contribution in [3.8, 4) is 5.88 Å². The summed E-state index contributed by atoms with van der Waals surface area (Å²) in [6.07, 6.45) is 1.75. The van der Waals surface area contributed by atoms with Gasteiger partial charge in [-0.1, -0.05) is 0 Å². The highest BCUT2D eigenvalue weighted by molar-refractivity contribution is 6.62. The Morgan fingerprint density at radius 3 is 2.38 bits per heavy atom. The molecule has 21 heavy (non-hydrogen) atoms. The summed E-state index contributed by atoms with van der Waals surface area (Å²) in [4.78, 5) is 8.68. The highest BCUT2D eigenvalue weighted by atomic mass is 16.7. The summed E-state index contributed by atoms with van der Waals surface area (Å²) < 4.78 is 17.2. The van der Waals surface area contributed by atoms with Crippen molar-refractivity contribution in [1.82, 2.24) is 9.97 Å². The van der Waals surface area contributed by atoms with Gasteiger partial charge in [-0.3, -0.25) is 0 Å². The third kappa shape index (κ3) is 2.38. The third-order valence-electron chi connectivity index (χ3n) is 4.27. The first-order valence-corrected chi connectivity index (χ1v) is 6.99. The van der Waals surface area contributed by atoms with Crippen molar-refractivity contribution in [3.05, 3.63) is 24.4 Å². The molecule has 0 saturated carbocycles. The summed E-state index contributed by atoms with van der Waals surface area (Å²) in [6, 6.07) is 5.75. The Balaban J connectivity index is 1.96. The lowest BCUT2D eigenvalue weighted by molar-refractivity contribution is 0.00578. The van der Waals surface area contributed by atoms with E-state index in [1.807, 2.05) is 45.9 Å². The summed E-state index contributed by atoms with van der Waals surface area (Å²) >= 11 is 0. The Hall–Kier alpha value is -1.66. The van der Waals surface area contributed by atoms with Crippen molar-refractivity contribution in [2.75, 3.05) is 7.11 Å². The zero-order valence-electron chi connectivity index (χ0n) is 13.0. The Morgan fingerprint density at radius 1 is 1.10 bits per heavy atom. The molecule has 0 aromatic carbocycles. The Bertz CT molecular complexity index is 672. The van der Waals surface area contributed by atoms with E-state index in [4.69, 9.17) is 14.0 Å². The van der Waals surface area contributed by atoms with Crippen LogP contribution in [0.25, 0.3) is 11.0 Å². The minimum atomic E-state index is -0.408. The molecule has 110 valence electrons. The molecule has 0 bridgehead atoms. The normalized spacial score (nSPS) is 20.0. The van der Waals surface area contributed by atoms with Gasteiger partial charge in [0, 0.05) is 23.1 Å². The Labute approximate surface area is 124 Å². The lowest BCUT2D eigenvalue weighted by Gasteiger charge is -2.32. The van der Waals surface area contributed by atoms with Gasteiger partial charge in [0.2, 0.25) is 5.88 Å². The van der Waals surface area contributed by atoms with Crippen molar-refractivity contribution in [2.24, 2.45) is 0 Å². The van der Waals surface area contributed by atoms with Crippen LogP contribution in [0.4, 0.5) is 0 Å². The summed E-state index contributed by atoms with van der Waals surface area (Å²) in [6.45, 7) is 8.14. The number of fused-ring (bicyclic) bond motifs is 1. The van der Waals surface area contributed by atoms with Crippen molar-refractivity contribution < 1.29 is 14.0 Å². The number of nitrogens with zero attached hydrogens (tertiary/aromatic N) is 2. The quantitative estimate of drug-likeness (QED) is 0.790. The second-order valence-corrected chi connectivity index (χ2v) is 6.26. The van der Waals surface area contributed by atoms with Gasteiger partial charge in [0.15, 0.2) is 5.65 Å². The Kier molecular flexibility index (Phi) is 3.18. The van der Waals surface area contributed by atoms with Crippen LogP contribution in [0.5, 0.6) is 5.88 Å². The standard InChI is InChI=1S/C15H19BN2O3/c1-14(2)15(3,4)21-16(20-14)11-8-10-6-7-12(19-5)18-13(10)17-9-11/h6-9H,1-5H3. The zero-order chi connectivity index (χ0) is 15.3. The average molecular weight is 286 g/mol. The number of ether oxygens (including phenoxy) is 1. The van der Waals surface area contributed by atoms with E-state index in [2.05, 4.69) is 9.97 Å². The monoisotopic (exact) mass is 286 g/mol. The smallest absolute Gasteiger partial charge is 0.481 e. The zero-order valence-corrected chi connectivity index (χ0v) is 13.0. The molecule has 0 aliphatic carbocycles. The molecule has 1 saturated heterocycles. The third-order valence-corrected chi connectivity index (χ3v) is 4.27. The van der Waals surface area contributed by atoms with Crippen LogP contribution in [0.2, 0.25) is 0 Å². The Morgan fingerprint density at radius 2 is 1.76 bits per heavy atom. The molecule has 3 heterocycles. The number of rotatable bonds is 2. The van der Waals surface area contributed by atoms with Gasteiger partial charge in [-0.15, -0.1) is 0 Å². The molecule has 2 aromatic heterocycles. The van der Waals surface area contributed by atoms with Gasteiger partial charge in [0.05, 0.1) is 18.3 Å². The predicted octanol–water partition coefficient (Wildman–Crippen LogP) is 1.94. The van der Waals surface area contributed by atoms with Gasteiger partial charge >= 0.3 is 7.12 Å². The first-order valence-electron chi connectivity index (χ1n) is 6.99. The largest absolute Gasteiger partial charge is 0.496 e. The molecule has 1 fully saturated rings. The maximum atomic E-state index is 6.04. The molecule has 1 aliphatic rings. The van der Waals surface area contributed by atoms with Gasteiger partial charge in [-0.25, -0.2) is 4.98 Å². The second kappa shape index (κ2) is 4.68. The fourth-order valence-corrected chi connectivity index (χ4v) is 2.23. The van der Waals surface area contributed by atoms with E-state index in [0.29, 0.717) is 11.5 Å². The van der Waals surface area contributed by atoms with E-state index in [-0.39, 0.29) is 11.2 Å². The first-order chi connectivity index (χ1) is 9.82. The van der Waals surface area contributed by atoms with Gasteiger partial charge in [0.25, 0.3) is 0 Å². The lowest BCUT2D eigenvalue weighted by Crippen LogP contribution is -2.41. The molecule has 5 nitrogen and oxygen atoms in total. The van der Waals surface area contributed by atoms with Crippen LogP contribution in [0.3, 0.4) is 0 Å². The molecule has 0 atom stereocenters. The number of aromatic nitrogens is 2. The van der Waals surface area contributed by atoms with Crippen LogP contribution in [0.1, 0.15) is 27.7 Å². The van der Waals surface area contributed by atoms with Crippen LogP contribution < -0.4 is 10.2 Å². The summed E-state index contributed by atoms with van der Waals surface area (Å²) in [5.41, 5.74) is 0.831. The molecule has 0 radical (unpaired) electrons. The fraction of sp³-hybridized carbons (Fsp3) is 0.467. The van der Waals surface area contributed by atoms with Crippen molar-refractivity contribution >= 4 is 23.6 Å². The first kappa shape index (κ1) is 14.3. The maximum Gasteiger partial charge on any atom is 0.496 e. The molecule has 0 spiro atoms. The number of pyridine rings is 2. The fourth-order valence-electron chi connectivity index (χ4n) is 2.23. The molecular weight excluding hydrogens is 267 g/mol. The van der Waals surface area contributed by atoms with Crippen molar-refractivity contribution in [1.29, 1.82) is 0 Å². The van der Waals surface area contributed by atoms with Crippen LogP contribution in [0.15, 0.2) is 24.4 Å². The van der Waals surface area contributed by atoms with E-state index >= 15 is 0 Å². The van der Waals surface area contributed by atoms with Gasteiger partial charge < -0.3 is 14.0 Å². The molecule has 1 aliphatic heterocycles. The molecular formula is C15H19BN2O3. The molecule has 3 rings (SSSR count). The molecule has 2 aromatic rings. The van der Waals surface area contributed by atoms with Gasteiger partial charge in [-0.2, -0.15) is 4.98 Å². The van der Waals surface area contributed by atoms with E-state index < -0.39 is 7.12 Å². The van der Waals surface area contributed by atoms with Crippen molar-refractivity contribution in [2.45, 2.75) is 38.9 Å². The van der Waals surface area contributed by atoms with Crippen LogP contribution in [0, 0.1) is 0 Å². The summed E-state index contributed by atoms with van der Waals surface area (Å²) in [7, 11) is 1.18. The maximum absolute atomic E-state index is 6.04.